The Morgan fingerprint density at radius 1 is 1.31 bits per heavy atom. The van der Waals surface area contributed by atoms with E-state index >= 15 is 0 Å². The van der Waals surface area contributed by atoms with Gasteiger partial charge in [-0.1, -0.05) is 0 Å². The lowest BCUT2D eigenvalue weighted by molar-refractivity contribution is -0.114. The number of allylic oxidation sites excluding steroid dienone is 2. The maximum atomic E-state index is 11.9. The van der Waals surface area contributed by atoms with Gasteiger partial charge in [-0.25, -0.2) is 0 Å². The van der Waals surface area contributed by atoms with E-state index in [-0.39, 0.29) is 0 Å². The largest absolute Gasteiger partial charge is 0.512 e. The molecule has 74 valence electrons. The van der Waals surface area contributed by atoms with Crippen LogP contribution in [0.3, 0.4) is 0 Å². The molecule has 0 saturated carbocycles. The second kappa shape index (κ2) is 3.59. The Morgan fingerprint density at radius 2 is 1.69 bits per heavy atom. The van der Waals surface area contributed by atoms with E-state index in [0.717, 1.165) is 13.8 Å². The quantitative estimate of drug-likeness (QED) is 0.402. The summed E-state index contributed by atoms with van der Waals surface area (Å²) in [5.74, 6) is -1.78. The molecule has 0 rings (SSSR count). The number of hydrogen-bond donors (Lipinski definition) is 2. The molecule has 3 nitrogen and oxygen atoms in total. The number of ketones is 1. The maximum absolute atomic E-state index is 11.9. The topological polar surface area (TPSA) is 61.2 Å². The van der Waals surface area contributed by atoms with Gasteiger partial charge in [-0.3, -0.25) is 10.2 Å². The standard InChI is InChI=1S/C7H8F3NO2/c1-3(12)5(4(2)13)6(11)7(8,9)10/h11-12H,1-2H3/b5-3+,11-6?. The number of carbonyl (C=O) groups is 1. The molecule has 0 aromatic heterocycles. The van der Waals surface area contributed by atoms with Crippen molar-refractivity contribution in [2.24, 2.45) is 0 Å². The van der Waals surface area contributed by atoms with Gasteiger partial charge < -0.3 is 5.11 Å². The molecule has 0 aromatic rings. The van der Waals surface area contributed by atoms with Crippen LogP contribution < -0.4 is 0 Å². The van der Waals surface area contributed by atoms with Gasteiger partial charge >= 0.3 is 6.18 Å². The van der Waals surface area contributed by atoms with Gasteiger partial charge in [0.2, 0.25) is 0 Å². The van der Waals surface area contributed by atoms with E-state index in [4.69, 9.17) is 10.5 Å². The van der Waals surface area contributed by atoms with Gasteiger partial charge in [0.1, 0.15) is 11.5 Å². The zero-order chi connectivity index (χ0) is 10.8. The zero-order valence-electron chi connectivity index (χ0n) is 6.99. The third-order valence-corrected chi connectivity index (χ3v) is 1.25. The van der Waals surface area contributed by atoms with E-state index in [1.54, 1.807) is 0 Å². The van der Waals surface area contributed by atoms with Gasteiger partial charge in [0.05, 0.1) is 5.57 Å². The lowest BCUT2D eigenvalue weighted by atomic mass is 10.1. The molecule has 0 fully saturated rings. The van der Waals surface area contributed by atoms with E-state index in [2.05, 4.69) is 0 Å². The molecule has 0 aliphatic rings. The number of rotatable bonds is 2. The fraction of sp³-hybridized carbons (Fsp3) is 0.429. The molecule has 0 aromatic carbocycles. The highest BCUT2D eigenvalue weighted by Gasteiger charge is 2.39. The minimum Gasteiger partial charge on any atom is -0.512 e. The molecule has 0 saturated heterocycles. The predicted molar refractivity (Wildman–Crippen MR) is 39.8 cm³/mol. The third kappa shape index (κ3) is 2.89. The zero-order valence-corrected chi connectivity index (χ0v) is 6.99. The minimum atomic E-state index is -4.91. The Balaban J connectivity index is 5.16. The van der Waals surface area contributed by atoms with Gasteiger partial charge in [-0.2, -0.15) is 13.2 Å². The van der Waals surface area contributed by atoms with E-state index in [1.807, 2.05) is 0 Å². The minimum absolute atomic E-state index is 0.796. The summed E-state index contributed by atoms with van der Waals surface area (Å²) in [5, 5.41) is 15.3. The Labute approximate surface area is 72.4 Å². The van der Waals surface area contributed by atoms with Crippen LogP contribution in [-0.2, 0) is 4.79 Å². The molecule has 0 unspecified atom stereocenters. The normalized spacial score (nSPS) is 13.6. The first-order valence-electron chi connectivity index (χ1n) is 3.24. The number of halogens is 3. The van der Waals surface area contributed by atoms with Gasteiger partial charge in [-0.05, 0) is 13.8 Å². The highest BCUT2D eigenvalue weighted by atomic mass is 19.4. The van der Waals surface area contributed by atoms with Crippen LogP contribution in [0.4, 0.5) is 13.2 Å². The first-order valence-corrected chi connectivity index (χ1v) is 3.24. The van der Waals surface area contributed by atoms with Crippen molar-refractivity contribution in [2.75, 3.05) is 0 Å². The fourth-order valence-electron chi connectivity index (χ4n) is 0.753. The number of aliphatic hydroxyl groups excluding tert-OH is 1. The molecule has 0 amide bonds. The number of hydrogen-bond acceptors (Lipinski definition) is 3. The lowest BCUT2D eigenvalue weighted by Crippen LogP contribution is -2.27. The van der Waals surface area contributed by atoms with Crippen molar-refractivity contribution < 1.29 is 23.1 Å². The average Bonchev–Trinajstić information content (AvgIpc) is 1.82. The highest BCUT2D eigenvalue weighted by molar-refractivity contribution is 6.22. The number of alkyl halides is 3. The summed E-state index contributed by atoms with van der Waals surface area (Å²) < 4.78 is 35.7. The number of aliphatic hydroxyl groups is 1. The molecule has 0 aliphatic heterocycles. The van der Waals surface area contributed by atoms with E-state index < -0.39 is 29.0 Å². The molecule has 0 aliphatic carbocycles. The molecular formula is C7H8F3NO2. The number of nitrogens with one attached hydrogen (secondary N) is 1. The van der Waals surface area contributed by atoms with Gasteiger partial charge in [0, 0.05) is 0 Å². The molecule has 13 heavy (non-hydrogen) atoms. The van der Waals surface area contributed by atoms with Crippen LogP contribution in [0.2, 0.25) is 0 Å². The molecule has 0 heterocycles. The first-order chi connectivity index (χ1) is 5.68. The van der Waals surface area contributed by atoms with E-state index in [9.17, 15) is 18.0 Å². The van der Waals surface area contributed by atoms with Crippen molar-refractivity contribution in [3.05, 3.63) is 11.3 Å². The van der Waals surface area contributed by atoms with Crippen molar-refractivity contribution in [2.45, 2.75) is 20.0 Å². The fourth-order valence-corrected chi connectivity index (χ4v) is 0.753. The van der Waals surface area contributed by atoms with Gasteiger partial charge in [0.25, 0.3) is 0 Å². The summed E-state index contributed by atoms with van der Waals surface area (Å²) >= 11 is 0. The second-order valence-corrected chi connectivity index (χ2v) is 2.39. The lowest BCUT2D eigenvalue weighted by Gasteiger charge is -2.10. The SMILES string of the molecule is CC(=O)/C(C(=N)C(F)(F)F)=C(/C)O. The number of Topliss-reactive ketones (excluding diaryl/α,β-unsaturated/α-hetero) is 1. The van der Waals surface area contributed by atoms with Gasteiger partial charge in [-0.15, -0.1) is 0 Å². The van der Waals surface area contributed by atoms with Crippen LogP contribution in [0.1, 0.15) is 13.8 Å². The molecule has 0 bridgehead atoms. The second-order valence-electron chi connectivity index (χ2n) is 2.39. The summed E-state index contributed by atoms with van der Waals surface area (Å²) in [5.41, 5.74) is -2.81. The molecular weight excluding hydrogens is 187 g/mol. The van der Waals surface area contributed by atoms with Crippen LogP contribution in [0.5, 0.6) is 0 Å². The van der Waals surface area contributed by atoms with Crippen molar-refractivity contribution in [3.63, 3.8) is 0 Å². The monoisotopic (exact) mass is 195 g/mol. The average molecular weight is 195 g/mol. The first kappa shape index (κ1) is 11.7. The smallest absolute Gasteiger partial charge is 0.433 e. The molecule has 0 atom stereocenters. The molecule has 2 N–H and O–H groups in total. The van der Waals surface area contributed by atoms with Crippen molar-refractivity contribution in [3.8, 4) is 0 Å². The van der Waals surface area contributed by atoms with Crippen molar-refractivity contribution in [1.82, 2.24) is 0 Å². The highest BCUT2D eigenvalue weighted by Crippen LogP contribution is 2.22. The van der Waals surface area contributed by atoms with E-state index in [1.165, 1.54) is 0 Å². The maximum Gasteiger partial charge on any atom is 0.433 e. The Morgan fingerprint density at radius 3 is 1.77 bits per heavy atom. The summed E-state index contributed by atoms with van der Waals surface area (Å²) in [6.07, 6.45) is -4.91. The van der Waals surface area contributed by atoms with Gasteiger partial charge in [0.15, 0.2) is 5.78 Å². The van der Waals surface area contributed by atoms with Crippen LogP contribution in [0.15, 0.2) is 11.3 Å². The molecule has 6 heteroatoms. The summed E-state index contributed by atoms with van der Waals surface area (Å²) in [6, 6.07) is 0. The van der Waals surface area contributed by atoms with Crippen molar-refractivity contribution in [1.29, 1.82) is 5.41 Å². The van der Waals surface area contributed by atoms with Crippen LogP contribution in [0, 0.1) is 5.41 Å². The predicted octanol–water partition coefficient (Wildman–Crippen LogP) is 1.99. The van der Waals surface area contributed by atoms with Crippen LogP contribution in [0.25, 0.3) is 0 Å². The Bertz CT molecular complexity index is 274. The summed E-state index contributed by atoms with van der Waals surface area (Å²) in [4.78, 5) is 10.6. The van der Waals surface area contributed by atoms with Crippen LogP contribution >= 0.6 is 0 Å². The summed E-state index contributed by atoms with van der Waals surface area (Å²) in [7, 11) is 0. The summed E-state index contributed by atoms with van der Waals surface area (Å²) in [6.45, 7) is 1.78. The Kier molecular flexibility index (Phi) is 3.22. The molecule has 0 spiro atoms. The third-order valence-electron chi connectivity index (χ3n) is 1.25. The van der Waals surface area contributed by atoms with E-state index in [0.29, 0.717) is 0 Å². The van der Waals surface area contributed by atoms with Crippen molar-refractivity contribution >= 4 is 11.5 Å². The number of carbonyl (C=O) groups excluding carboxylic acids is 1. The Hall–Kier alpha value is -1.33. The van der Waals surface area contributed by atoms with Crippen LogP contribution in [-0.4, -0.2) is 22.8 Å². The molecule has 0 radical (unpaired) electrons.